The van der Waals surface area contributed by atoms with Gasteiger partial charge in [-0.3, -0.25) is 0 Å². The third-order valence-electron chi connectivity index (χ3n) is 2.78. The maximum atomic E-state index is 11.3. The fourth-order valence-corrected chi connectivity index (χ4v) is 1.83. The molecule has 12 heteroatoms. The van der Waals surface area contributed by atoms with Crippen LogP contribution in [-0.4, -0.2) is 53.3 Å². The lowest BCUT2D eigenvalue weighted by Gasteiger charge is -2.31. The Morgan fingerprint density at radius 2 is 1.32 bits per heavy atom. The number of aliphatic hydroxyl groups excluding tert-OH is 2. The van der Waals surface area contributed by atoms with Crippen LogP contribution in [0.5, 0.6) is 0 Å². The summed E-state index contributed by atoms with van der Waals surface area (Å²) in [6, 6.07) is 0.845. The van der Waals surface area contributed by atoms with Gasteiger partial charge in [0, 0.05) is 0 Å². The first-order chi connectivity index (χ1) is 10.3. The van der Waals surface area contributed by atoms with Gasteiger partial charge in [-0.25, -0.2) is 36.0 Å². The number of hydrogen-bond acceptors (Lipinski definition) is 7. The molecule has 0 unspecified atom stereocenters. The predicted octanol–water partition coefficient (Wildman–Crippen LogP) is -3.07. The molecule has 22 heavy (non-hydrogen) atoms. The van der Waals surface area contributed by atoms with Crippen LogP contribution in [0.2, 0.25) is 0 Å². The molecule has 0 bridgehead atoms. The molecule has 0 radical (unpaired) electrons. The molecule has 12 nitrogen and oxygen atoms in total. The van der Waals surface area contributed by atoms with Crippen molar-refractivity contribution in [1.82, 2.24) is 4.68 Å². The Morgan fingerprint density at radius 3 is 1.59 bits per heavy atom. The molecule has 1 aromatic rings. The molecule has 4 amide bonds. The van der Waals surface area contributed by atoms with Crippen LogP contribution < -0.4 is 38.2 Å². The molecule has 0 aliphatic heterocycles. The Morgan fingerprint density at radius 1 is 0.955 bits per heavy atom. The number of primary amides is 2. The van der Waals surface area contributed by atoms with Gasteiger partial charge >= 0.3 is 12.1 Å². The van der Waals surface area contributed by atoms with Crippen LogP contribution >= 0.6 is 0 Å². The van der Waals surface area contributed by atoms with Gasteiger partial charge in [0.1, 0.15) is 0 Å². The lowest BCUT2D eigenvalue weighted by Crippen LogP contribution is -2.50. The molecule has 0 atom stereocenters. The first-order valence-corrected chi connectivity index (χ1v) is 6.22. The van der Waals surface area contributed by atoms with E-state index in [0.717, 1.165) is 0 Å². The van der Waals surface area contributed by atoms with E-state index in [2.05, 4.69) is 0 Å². The number of anilines is 2. The molecule has 0 saturated heterocycles. The van der Waals surface area contributed by atoms with Crippen LogP contribution in [0.3, 0.4) is 0 Å². The van der Waals surface area contributed by atoms with Crippen molar-refractivity contribution in [2.75, 3.05) is 41.3 Å². The number of carbonyl (C=O) groups excluding carboxylic acids is 2. The van der Waals surface area contributed by atoms with Crippen molar-refractivity contribution < 1.29 is 19.8 Å². The predicted molar refractivity (Wildman–Crippen MR) is 79.1 cm³/mol. The van der Waals surface area contributed by atoms with Gasteiger partial charge in [-0.15, -0.1) is 0 Å². The Hall–Kier alpha value is -2.54. The minimum absolute atomic E-state index is 0.0639. The Bertz CT molecular complexity index is 489. The summed E-state index contributed by atoms with van der Waals surface area (Å²) in [5.74, 6) is 11.3. The number of aliphatic hydroxyl groups is 2. The van der Waals surface area contributed by atoms with Crippen molar-refractivity contribution >= 4 is 23.7 Å². The molecule has 0 aliphatic carbocycles. The second-order valence-electron chi connectivity index (χ2n) is 4.18. The van der Waals surface area contributed by atoms with Gasteiger partial charge in [0.05, 0.1) is 26.3 Å². The Kier molecular flexibility index (Phi) is 5.94. The second kappa shape index (κ2) is 7.46. The van der Waals surface area contributed by atoms with Gasteiger partial charge in [0.15, 0.2) is 11.6 Å². The standard InChI is InChI=1S/C10H20N8O4/c11-9(21)16(13)7-1-2-8(17(14)10(12)22)18(7)15(3-5-19)4-6-20/h1-2,19-20H,3-6,13-14H2,(H2,11,21)(H2,12,22). The Labute approximate surface area is 126 Å². The summed E-state index contributed by atoms with van der Waals surface area (Å²) >= 11 is 0. The summed E-state index contributed by atoms with van der Waals surface area (Å²) in [6.07, 6.45) is 0. The summed E-state index contributed by atoms with van der Waals surface area (Å²) in [5, 5.41) is 20.9. The van der Waals surface area contributed by atoms with Crippen molar-refractivity contribution in [2.45, 2.75) is 0 Å². The smallest absolute Gasteiger partial charge is 0.335 e. The van der Waals surface area contributed by atoms with Crippen molar-refractivity contribution in [1.29, 1.82) is 0 Å². The average molecular weight is 316 g/mol. The highest BCUT2D eigenvalue weighted by atomic mass is 16.3. The average Bonchev–Trinajstić information content (AvgIpc) is 2.89. The van der Waals surface area contributed by atoms with Crippen LogP contribution in [0.4, 0.5) is 21.2 Å². The molecule has 0 aromatic carbocycles. The van der Waals surface area contributed by atoms with Crippen molar-refractivity contribution in [3.63, 3.8) is 0 Å². The number of hydrazine groups is 2. The molecular weight excluding hydrogens is 296 g/mol. The molecule has 0 aliphatic rings. The number of aromatic nitrogens is 1. The minimum atomic E-state index is -0.957. The molecule has 1 rings (SSSR count). The van der Waals surface area contributed by atoms with Crippen molar-refractivity contribution in [2.24, 2.45) is 23.2 Å². The van der Waals surface area contributed by atoms with Crippen LogP contribution in [0.15, 0.2) is 12.1 Å². The summed E-state index contributed by atoms with van der Waals surface area (Å²) in [6.45, 7) is -0.401. The summed E-state index contributed by atoms with van der Waals surface area (Å²) in [4.78, 5) is 22.5. The van der Waals surface area contributed by atoms with Crippen LogP contribution in [-0.2, 0) is 0 Å². The summed E-state index contributed by atoms with van der Waals surface area (Å²) in [7, 11) is 0. The monoisotopic (exact) mass is 316 g/mol. The van der Waals surface area contributed by atoms with E-state index in [1.165, 1.54) is 21.8 Å². The lowest BCUT2D eigenvalue weighted by atomic mass is 10.5. The van der Waals surface area contributed by atoms with Gasteiger partial charge in [-0.2, -0.15) is 0 Å². The third kappa shape index (κ3) is 3.56. The van der Waals surface area contributed by atoms with Gasteiger partial charge in [-0.1, -0.05) is 0 Å². The van der Waals surface area contributed by atoms with Crippen LogP contribution in [0.25, 0.3) is 0 Å². The van der Waals surface area contributed by atoms with E-state index in [9.17, 15) is 9.59 Å². The van der Waals surface area contributed by atoms with Crippen molar-refractivity contribution in [3.05, 3.63) is 12.1 Å². The highest BCUT2D eigenvalue weighted by Gasteiger charge is 2.23. The summed E-state index contributed by atoms with van der Waals surface area (Å²) < 4.78 is 1.25. The fourth-order valence-electron chi connectivity index (χ4n) is 1.83. The number of nitrogens with two attached hydrogens (primary N) is 4. The van der Waals surface area contributed by atoms with E-state index >= 15 is 0 Å². The normalized spacial score (nSPS) is 10.4. The topological polar surface area (TPSA) is 193 Å². The van der Waals surface area contributed by atoms with E-state index in [1.54, 1.807) is 0 Å². The molecule has 1 aromatic heterocycles. The number of urea groups is 2. The second-order valence-corrected chi connectivity index (χ2v) is 4.18. The van der Waals surface area contributed by atoms with E-state index in [0.29, 0.717) is 10.0 Å². The van der Waals surface area contributed by atoms with Gasteiger partial charge < -0.3 is 26.7 Å². The molecule has 10 N–H and O–H groups in total. The Balaban J connectivity index is 3.40. The van der Waals surface area contributed by atoms with Gasteiger partial charge in [0.2, 0.25) is 0 Å². The van der Waals surface area contributed by atoms with Crippen molar-refractivity contribution in [3.8, 4) is 0 Å². The SMILES string of the molecule is NC(=O)N(N)c1ccc(N(N)C(N)=O)n1N(CCO)CCO. The maximum absolute atomic E-state index is 11.3. The molecular formula is C10H20N8O4. The van der Waals surface area contributed by atoms with E-state index in [4.69, 9.17) is 33.4 Å². The van der Waals surface area contributed by atoms with Gasteiger partial charge in [-0.05, 0) is 12.1 Å². The number of nitrogens with zero attached hydrogens (tertiary/aromatic N) is 4. The zero-order valence-electron chi connectivity index (χ0n) is 11.8. The number of rotatable bonds is 7. The largest absolute Gasteiger partial charge is 0.394 e. The van der Waals surface area contributed by atoms with Crippen LogP contribution in [0.1, 0.15) is 0 Å². The third-order valence-corrected chi connectivity index (χ3v) is 2.78. The van der Waals surface area contributed by atoms with E-state index < -0.39 is 12.1 Å². The number of hydrogen-bond donors (Lipinski definition) is 6. The first-order valence-electron chi connectivity index (χ1n) is 6.22. The molecule has 0 saturated carbocycles. The zero-order valence-corrected chi connectivity index (χ0v) is 11.8. The van der Waals surface area contributed by atoms with E-state index in [-0.39, 0.29) is 37.9 Å². The minimum Gasteiger partial charge on any atom is -0.394 e. The molecule has 1 heterocycles. The number of carbonyl (C=O) groups is 2. The molecule has 124 valence electrons. The highest BCUT2D eigenvalue weighted by Crippen LogP contribution is 2.24. The quantitative estimate of drug-likeness (QED) is 0.174. The zero-order chi connectivity index (χ0) is 16.9. The van der Waals surface area contributed by atoms with Gasteiger partial charge in [0.25, 0.3) is 0 Å². The lowest BCUT2D eigenvalue weighted by molar-refractivity contribution is 0.253. The fraction of sp³-hybridized carbons (Fsp3) is 0.400. The highest BCUT2D eigenvalue weighted by molar-refractivity contribution is 5.92. The summed E-state index contributed by atoms with van der Waals surface area (Å²) in [5.41, 5.74) is 10.3. The van der Waals surface area contributed by atoms with E-state index in [1.807, 2.05) is 0 Å². The maximum Gasteiger partial charge on any atom is 0.335 e. The molecule has 0 fully saturated rings. The number of amides is 4. The first kappa shape index (κ1) is 17.5. The van der Waals surface area contributed by atoms with Crippen LogP contribution in [0, 0.1) is 0 Å². The molecule has 0 spiro atoms.